The molecule has 0 bridgehead atoms. The predicted octanol–water partition coefficient (Wildman–Crippen LogP) is 2.68. The number of aliphatic hydroxyl groups excluding tert-OH is 1. The standard InChI is InChI=1S/C16H20N2O2S/c17-14-7-1-2-8-15(14)18(10-11-19)16(20)9-3-5-13-6-4-12-21-13/h1-2,4,6-8,12,19H,3,5,9-11,17H2. The first-order valence-electron chi connectivity index (χ1n) is 7.00. The van der Waals surface area contributed by atoms with E-state index < -0.39 is 0 Å². The van der Waals surface area contributed by atoms with E-state index in [0.717, 1.165) is 12.8 Å². The van der Waals surface area contributed by atoms with Crippen molar-refractivity contribution in [3.63, 3.8) is 0 Å². The number of carbonyl (C=O) groups is 1. The maximum Gasteiger partial charge on any atom is 0.227 e. The van der Waals surface area contributed by atoms with Crippen molar-refractivity contribution in [2.45, 2.75) is 19.3 Å². The van der Waals surface area contributed by atoms with E-state index in [9.17, 15) is 9.90 Å². The summed E-state index contributed by atoms with van der Waals surface area (Å²) in [6, 6.07) is 11.3. The van der Waals surface area contributed by atoms with Crippen molar-refractivity contribution in [3.05, 3.63) is 46.7 Å². The third-order valence-electron chi connectivity index (χ3n) is 3.25. The average Bonchev–Trinajstić information content (AvgIpc) is 2.99. The Morgan fingerprint density at radius 3 is 2.71 bits per heavy atom. The summed E-state index contributed by atoms with van der Waals surface area (Å²) in [7, 11) is 0. The predicted molar refractivity (Wildman–Crippen MR) is 87.6 cm³/mol. The van der Waals surface area contributed by atoms with Gasteiger partial charge in [0.25, 0.3) is 0 Å². The summed E-state index contributed by atoms with van der Waals surface area (Å²) >= 11 is 1.71. The molecule has 0 aliphatic heterocycles. The van der Waals surface area contributed by atoms with Crippen molar-refractivity contribution < 1.29 is 9.90 Å². The molecular formula is C16H20N2O2S. The molecule has 2 aromatic rings. The molecule has 0 radical (unpaired) electrons. The molecule has 5 heteroatoms. The highest BCUT2D eigenvalue weighted by atomic mass is 32.1. The maximum atomic E-state index is 12.4. The zero-order valence-corrected chi connectivity index (χ0v) is 12.7. The number of nitrogens with zero attached hydrogens (tertiary/aromatic N) is 1. The first-order valence-corrected chi connectivity index (χ1v) is 7.88. The summed E-state index contributed by atoms with van der Waals surface area (Å²) in [5.41, 5.74) is 7.15. The lowest BCUT2D eigenvalue weighted by Gasteiger charge is -2.23. The van der Waals surface area contributed by atoms with Crippen LogP contribution in [0.2, 0.25) is 0 Å². The average molecular weight is 304 g/mol. The zero-order valence-electron chi connectivity index (χ0n) is 11.9. The fourth-order valence-electron chi connectivity index (χ4n) is 2.22. The van der Waals surface area contributed by atoms with Gasteiger partial charge in [0.2, 0.25) is 5.91 Å². The largest absolute Gasteiger partial charge is 0.397 e. The second kappa shape index (κ2) is 7.81. The Balaban J connectivity index is 1.97. The summed E-state index contributed by atoms with van der Waals surface area (Å²) in [4.78, 5) is 15.2. The van der Waals surface area contributed by atoms with Gasteiger partial charge in [0, 0.05) is 17.8 Å². The maximum absolute atomic E-state index is 12.4. The number of aliphatic hydroxyl groups is 1. The number of hydrogen-bond acceptors (Lipinski definition) is 4. The lowest BCUT2D eigenvalue weighted by Crippen LogP contribution is -2.34. The first kappa shape index (κ1) is 15.5. The SMILES string of the molecule is Nc1ccccc1N(CCO)C(=O)CCCc1cccs1. The number of anilines is 2. The van der Waals surface area contributed by atoms with Gasteiger partial charge in [0.15, 0.2) is 0 Å². The second-order valence-corrected chi connectivity index (χ2v) is 5.79. The highest BCUT2D eigenvalue weighted by Crippen LogP contribution is 2.23. The Morgan fingerprint density at radius 2 is 2.05 bits per heavy atom. The van der Waals surface area contributed by atoms with E-state index in [0.29, 0.717) is 17.8 Å². The minimum Gasteiger partial charge on any atom is -0.397 e. The number of nitrogen functional groups attached to an aromatic ring is 1. The van der Waals surface area contributed by atoms with Crippen molar-refractivity contribution in [1.29, 1.82) is 0 Å². The van der Waals surface area contributed by atoms with Gasteiger partial charge < -0.3 is 15.7 Å². The normalized spacial score (nSPS) is 10.5. The van der Waals surface area contributed by atoms with Crippen LogP contribution < -0.4 is 10.6 Å². The smallest absolute Gasteiger partial charge is 0.227 e. The van der Waals surface area contributed by atoms with Gasteiger partial charge in [0.05, 0.1) is 18.0 Å². The molecule has 0 spiro atoms. The van der Waals surface area contributed by atoms with Crippen molar-refractivity contribution in [3.8, 4) is 0 Å². The van der Waals surface area contributed by atoms with Crippen molar-refractivity contribution in [2.24, 2.45) is 0 Å². The number of rotatable bonds is 7. The molecule has 3 N–H and O–H groups in total. The van der Waals surface area contributed by atoms with E-state index in [2.05, 4.69) is 6.07 Å². The number of carbonyl (C=O) groups excluding carboxylic acids is 1. The number of thiophene rings is 1. The van der Waals surface area contributed by atoms with Crippen LogP contribution in [0.1, 0.15) is 17.7 Å². The topological polar surface area (TPSA) is 66.6 Å². The van der Waals surface area contributed by atoms with Crippen LogP contribution in [0.15, 0.2) is 41.8 Å². The summed E-state index contributed by atoms with van der Waals surface area (Å²) < 4.78 is 0. The fourth-order valence-corrected chi connectivity index (χ4v) is 2.97. The highest BCUT2D eigenvalue weighted by molar-refractivity contribution is 7.09. The molecule has 1 heterocycles. The summed E-state index contributed by atoms with van der Waals surface area (Å²) in [6.07, 6.45) is 2.15. The van der Waals surface area contributed by atoms with Gasteiger partial charge >= 0.3 is 0 Å². The molecule has 21 heavy (non-hydrogen) atoms. The molecule has 4 nitrogen and oxygen atoms in total. The number of aryl methyl sites for hydroxylation is 1. The molecule has 112 valence electrons. The van der Waals surface area contributed by atoms with E-state index in [4.69, 9.17) is 5.73 Å². The number of para-hydroxylation sites is 2. The molecule has 0 aliphatic rings. The third-order valence-corrected chi connectivity index (χ3v) is 4.18. The molecule has 1 amide bonds. The van der Waals surface area contributed by atoms with Gasteiger partial charge in [0.1, 0.15) is 0 Å². The van der Waals surface area contributed by atoms with Crippen molar-refractivity contribution in [1.82, 2.24) is 0 Å². The Hall–Kier alpha value is -1.85. The van der Waals surface area contributed by atoms with E-state index in [1.807, 2.05) is 29.6 Å². The lowest BCUT2D eigenvalue weighted by atomic mass is 10.1. The summed E-state index contributed by atoms with van der Waals surface area (Å²) in [5.74, 6) is -0.00138. The molecule has 1 aromatic heterocycles. The highest BCUT2D eigenvalue weighted by Gasteiger charge is 2.16. The lowest BCUT2D eigenvalue weighted by molar-refractivity contribution is -0.118. The van der Waals surface area contributed by atoms with Crippen LogP contribution in [-0.4, -0.2) is 24.2 Å². The number of nitrogens with two attached hydrogens (primary N) is 1. The van der Waals surface area contributed by atoms with Crippen molar-refractivity contribution in [2.75, 3.05) is 23.8 Å². The molecule has 1 aromatic carbocycles. The van der Waals surface area contributed by atoms with Crippen LogP contribution in [0.25, 0.3) is 0 Å². The van der Waals surface area contributed by atoms with Gasteiger partial charge in [-0.3, -0.25) is 4.79 Å². The first-order chi connectivity index (χ1) is 10.2. The van der Waals surface area contributed by atoms with E-state index >= 15 is 0 Å². The van der Waals surface area contributed by atoms with Crippen LogP contribution in [0, 0.1) is 0 Å². The third kappa shape index (κ3) is 4.31. The molecular weight excluding hydrogens is 284 g/mol. The van der Waals surface area contributed by atoms with Crippen LogP contribution in [0.4, 0.5) is 11.4 Å². The molecule has 0 fully saturated rings. The molecule has 2 rings (SSSR count). The van der Waals surface area contributed by atoms with Crippen molar-refractivity contribution >= 4 is 28.6 Å². The van der Waals surface area contributed by atoms with Crippen LogP contribution in [0.5, 0.6) is 0 Å². The van der Waals surface area contributed by atoms with Gasteiger partial charge in [-0.05, 0) is 36.4 Å². The minimum atomic E-state index is -0.0784. The monoisotopic (exact) mass is 304 g/mol. The Bertz CT molecular complexity index is 569. The quantitative estimate of drug-likeness (QED) is 0.773. The van der Waals surface area contributed by atoms with Gasteiger partial charge in [-0.1, -0.05) is 18.2 Å². The number of benzene rings is 1. The van der Waals surface area contributed by atoms with Gasteiger partial charge in [-0.15, -0.1) is 11.3 Å². The molecule has 0 unspecified atom stereocenters. The fraction of sp³-hybridized carbons (Fsp3) is 0.312. The Kier molecular flexibility index (Phi) is 5.78. The summed E-state index contributed by atoms with van der Waals surface area (Å²) in [6.45, 7) is 0.192. The number of amides is 1. The van der Waals surface area contributed by atoms with Gasteiger partial charge in [-0.2, -0.15) is 0 Å². The zero-order chi connectivity index (χ0) is 15.1. The molecule has 0 atom stereocenters. The van der Waals surface area contributed by atoms with E-state index in [1.165, 1.54) is 4.88 Å². The van der Waals surface area contributed by atoms with E-state index in [1.54, 1.807) is 22.3 Å². The number of hydrogen-bond donors (Lipinski definition) is 2. The minimum absolute atomic E-state index is 0.00138. The van der Waals surface area contributed by atoms with Crippen LogP contribution >= 0.6 is 11.3 Å². The van der Waals surface area contributed by atoms with Crippen LogP contribution in [-0.2, 0) is 11.2 Å². The summed E-state index contributed by atoms with van der Waals surface area (Å²) in [5, 5.41) is 11.2. The molecule has 0 saturated carbocycles. The van der Waals surface area contributed by atoms with Gasteiger partial charge in [-0.25, -0.2) is 0 Å². The molecule has 0 saturated heterocycles. The Labute approximate surface area is 128 Å². The molecule has 0 aliphatic carbocycles. The second-order valence-electron chi connectivity index (χ2n) is 4.76. The van der Waals surface area contributed by atoms with E-state index in [-0.39, 0.29) is 19.1 Å². The Morgan fingerprint density at radius 1 is 1.24 bits per heavy atom. The van der Waals surface area contributed by atoms with Crippen LogP contribution in [0.3, 0.4) is 0 Å².